The van der Waals surface area contributed by atoms with Gasteiger partial charge in [-0.25, -0.2) is 5.10 Å². The number of hydrogen-bond donors (Lipinski definition) is 4. The molecule has 1 aromatic heterocycles. The normalized spacial score (nSPS) is 22.3. The molecule has 11 heteroatoms. The molecular formula is C39H43N9O2. The van der Waals surface area contributed by atoms with Crippen molar-refractivity contribution in [2.45, 2.75) is 69.0 Å². The van der Waals surface area contributed by atoms with Crippen molar-refractivity contribution in [1.29, 1.82) is 5.26 Å². The molecule has 2 aliphatic carbocycles. The van der Waals surface area contributed by atoms with Gasteiger partial charge in [-0.1, -0.05) is 54.6 Å². The number of aryl methyl sites for hydroxylation is 3. The lowest BCUT2D eigenvalue weighted by atomic mass is 9.67. The van der Waals surface area contributed by atoms with Gasteiger partial charge in [0.25, 0.3) is 5.91 Å². The fourth-order valence-electron chi connectivity index (χ4n) is 8.23. The Bertz CT molecular complexity index is 1900. The van der Waals surface area contributed by atoms with Crippen LogP contribution in [0.5, 0.6) is 0 Å². The lowest BCUT2D eigenvalue weighted by Gasteiger charge is -2.38. The molecule has 4 aromatic rings. The molecule has 11 nitrogen and oxygen atoms in total. The molecular weight excluding hydrogens is 626 g/mol. The Morgan fingerprint density at radius 1 is 1.02 bits per heavy atom. The predicted octanol–water partition coefficient (Wildman–Crippen LogP) is 3.59. The average Bonchev–Trinajstić information content (AvgIpc) is 3.52. The standard InChI is InChI=1S/C39H43N9O2/c1-23-5-7-25(8-6-23)15-31(43-22-36(49)48-32(21-40)18-30-19-35(30)48)20-39(38-44-46-47-45-38)33-13-11-26(24(2)41-3)16-27(33)9-10-28-17-29(37(50)42-4)12-14-34(28)39/h5-8,11-14,16-17,30-32,35,41,43H,2,9-10,15,18-20,22H2,1,3-4H3,(H,42,50)(H,44,45,46,47)/t30-,31+,32?,35?,39?/m1/s1. The minimum Gasteiger partial charge on any atom is -0.388 e. The second-order valence-corrected chi connectivity index (χ2v) is 13.9. The summed E-state index contributed by atoms with van der Waals surface area (Å²) in [7, 11) is 3.50. The zero-order valence-electron chi connectivity index (χ0n) is 28.8. The molecule has 256 valence electrons. The summed E-state index contributed by atoms with van der Waals surface area (Å²) in [5.41, 5.74) is 8.05. The van der Waals surface area contributed by atoms with Gasteiger partial charge < -0.3 is 20.9 Å². The highest BCUT2D eigenvalue weighted by atomic mass is 16.2. The lowest BCUT2D eigenvalue weighted by Crippen LogP contribution is -2.48. The van der Waals surface area contributed by atoms with Crippen LogP contribution in [-0.2, 0) is 29.5 Å². The van der Waals surface area contributed by atoms with Gasteiger partial charge in [0.15, 0.2) is 5.82 Å². The Balaban J connectivity index is 1.36. The smallest absolute Gasteiger partial charge is 0.251 e. The topological polar surface area (TPSA) is 152 Å². The summed E-state index contributed by atoms with van der Waals surface area (Å²) < 4.78 is 0. The molecule has 3 unspecified atom stereocenters. The van der Waals surface area contributed by atoms with Crippen LogP contribution in [-0.4, -0.2) is 76.1 Å². The SMILES string of the molecule is C=C(NC)c1ccc2c(c1)CCc1cc(C(=O)NC)ccc1C2(C[C@H](Cc1ccc(C)cc1)NCC(=O)N1C(C#N)C[C@@H]2CC21)c1nnn[nH]1. The molecule has 5 atom stereocenters. The van der Waals surface area contributed by atoms with Gasteiger partial charge in [0.1, 0.15) is 6.04 Å². The monoisotopic (exact) mass is 669 g/mol. The van der Waals surface area contributed by atoms with Crippen LogP contribution < -0.4 is 16.0 Å². The number of carbonyl (C=O) groups excluding carboxylic acids is 2. The number of tetrazole rings is 1. The number of rotatable bonds is 11. The van der Waals surface area contributed by atoms with Gasteiger partial charge in [-0.05, 0) is 113 Å². The van der Waals surface area contributed by atoms with Gasteiger partial charge in [-0.3, -0.25) is 9.59 Å². The molecule has 0 bridgehead atoms. The molecule has 2 amide bonds. The molecule has 2 fully saturated rings. The van der Waals surface area contributed by atoms with E-state index in [2.05, 4.69) is 98.6 Å². The van der Waals surface area contributed by atoms with Crippen LogP contribution >= 0.6 is 0 Å². The van der Waals surface area contributed by atoms with E-state index in [-0.39, 0.29) is 36.5 Å². The van der Waals surface area contributed by atoms with E-state index < -0.39 is 5.41 Å². The van der Waals surface area contributed by atoms with Crippen molar-refractivity contribution >= 4 is 17.5 Å². The predicted molar refractivity (Wildman–Crippen MR) is 190 cm³/mol. The van der Waals surface area contributed by atoms with Crippen LogP contribution in [0.1, 0.15) is 74.4 Å². The van der Waals surface area contributed by atoms with Crippen molar-refractivity contribution in [2.24, 2.45) is 5.92 Å². The van der Waals surface area contributed by atoms with Crippen LogP contribution in [0.25, 0.3) is 5.70 Å². The summed E-state index contributed by atoms with van der Waals surface area (Å²) in [6, 6.07) is 22.7. The van der Waals surface area contributed by atoms with Crippen LogP contribution in [0.4, 0.5) is 0 Å². The maximum atomic E-state index is 13.8. The minimum atomic E-state index is -0.874. The molecule has 7 rings (SSSR count). The molecule has 4 N–H and O–H groups in total. The maximum Gasteiger partial charge on any atom is 0.251 e. The highest BCUT2D eigenvalue weighted by molar-refractivity contribution is 5.94. The number of aromatic amines is 1. The van der Waals surface area contributed by atoms with E-state index >= 15 is 0 Å². The summed E-state index contributed by atoms with van der Waals surface area (Å²) in [5, 5.41) is 35.3. The van der Waals surface area contributed by atoms with Crippen LogP contribution in [0, 0.1) is 24.2 Å². The number of H-pyrrole nitrogens is 1. The quantitative estimate of drug-likeness (QED) is 0.189. The first-order chi connectivity index (χ1) is 24.2. The van der Waals surface area contributed by atoms with E-state index in [1.165, 1.54) is 5.56 Å². The fraction of sp³-hybridized carbons (Fsp3) is 0.385. The van der Waals surface area contributed by atoms with Crippen molar-refractivity contribution in [1.82, 2.24) is 41.5 Å². The third kappa shape index (κ3) is 6.05. The number of nitriles is 1. The van der Waals surface area contributed by atoms with Crippen molar-refractivity contribution in [3.8, 4) is 6.07 Å². The number of aromatic nitrogens is 4. The average molecular weight is 670 g/mol. The van der Waals surface area contributed by atoms with Gasteiger partial charge in [-0.2, -0.15) is 5.26 Å². The first-order valence-electron chi connectivity index (χ1n) is 17.4. The van der Waals surface area contributed by atoms with Crippen LogP contribution in [0.15, 0.2) is 67.2 Å². The van der Waals surface area contributed by atoms with Gasteiger partial charge in [-0.15, -0.1) is 5.10 Å². The van der Waals surface area contributed by atoms with E-state index in [1.54, 1.807) is 7.05 Å². The summed E-state index contributed by atoms with van der Waals surface area (Å²) in [5.74, 6) is 0.832. The van der Waals surface area contributed by atoms with Gasteiger partial charge in [0, 0.05) is 37.4 Å². The van der Waals surface area contributed by atoms with Gasteiger partial charge in [0.2, 0.25) is 5.91 Å². The Labute approximate surface area is 292 Å². The molecule has 0 spiro atoms. The Hall–Kier alpha value is -5.34. The fourth-order valence-corrected chi connectivity index (χ4v) is 8.23. The third-order valence-electron chi connectivity index (χ3n) is 10.9. The molecule has 1 aliphatic heterocycles. The lowest BCUT2D eigenvalue weighted by molar-refractivity contribution is -0.131. The van der Waals surface area contributed by atoms with E-state index in [0.717, 1.165) is 58.3 Å². The zero-order chi connectivity index (χ0) is 35.0. The first-order valence-corrected chi connectivity index (χ1v) is 17.4. The maximum absolute atomic E-state index is 13.8. The zero-order valence-corrected chi connectivity index (χ0v) is 28.8. The minimum absolute atomic E-state index is 0.0436. The second-order valence-electron chi connectivity index (χ2n) is 13.9. The summed E-state index contributed by atoms with van der Waals surface area (Å²) in [4.78, 5) is 28.4. The van der Waals surface area contributed by atoms with Crippen molar-refractivity contribution in [2.75, 3.05) is 20.6 Å². The van der Waals surface area contributed by atoms with Crippen molar-refractivity contribution < 1.29 is 9.59 Å². The molecule has 1 saturated carbocycles. The molecule has 3 aliphatic rings. The largest absolute Gasteiger partial charge is 0.388 e. The van der Waals surface area contributed by atoms with Gasteiger partial charge in [0.05, 0.1) is 18.0 Å². The number of nitrogens with one attached hydrogen (secondary N) is 4. The summed E-state index contributed by atoms with van der Waals surface area (Å²) in [6.45, 7) is 6.40. The van der Waals surface area contributed by atoms with Crippen LogP contribution in [0.3, 0.4) is 0 Å². The number of nitrogens with zero attached hydrogens (tertiary/aromatic N) is 5. The Morgan fingerprint density at radius 2 is 1.72 bits per heavy atom. The first kappa shape index (κ1) is 33.2. The van der Waals surface area contributed by atoms with Crippen LogP contribution in [0.2, 0.25) is 0 Å². The van der Waals surface area contributed by atoms with E-state index in [4.69, 9.17) is 0 Å². The number of hydrogen-bond acceptors (Lipinski definition) is 8. The number of likely N-dealkylation sites (tertiary alicyclic amines) is 1. The van der Waals surface area contributed by atoms with E-state index in [0.29, 0.717) is 36.6 Å². The Kier molecular flexibility index (Phi) is 8.97. The molecule has 50 heavy (non-hydrogen) atoms. The molecule has 0 radical (unpaired) electrons. The summed E-state index contributed by atoms with van der Waals surface area (Å²) >= 11 is 0. The third-order valence-corrected chi connectivity index (χ3v) is 10.9. The molecule has 1 saturated heterocycles. The second kappa shape index (κ2) is 13.5. The van der Waals surface area contributed by atoms with E-state index in [9.17, 15) is 14.9 Å². The molecule has 3 aromatic carbocycles. The number of fused-ring (bicyclic) bond motifs is 3. The molecule has 2 heterocycles. The Morgan fingerprint density at radius 3 is 2.36 bits per heavy atom. The van der Waals surface area contributed by atoms with Crippen molar-refractivity contribution in [3.63, 3.8) is 0 Å². The highest BCUT2D eigenvalue weighted by Crippen LogP contribution is 2.49. The van der Waals surface area contributed by atoms with Gasteiger partial charge >= 0.3 is 0 Å². The highest BCUT2D eigenvalue weighted by Gasteiger charge is 2.54. The number of carbonyl (C=O) groups is 2. The number of piperidine rings is 1. The van der Waals surface area contributed by atoms with E-state index in [1.807, 2.05) is 30.1 Å². The number of amides is 2. The number of benzene rings is 3. The summed E-state index contributed by atoms with van der Waals surface area (Å²) in [6.07, 6.45) is 4.31. The van der Waals surface area contributed by atoms with Crippen molar-refractivity contribution in [3.05, 3.63) is 118 Å².